The summed E-state index contributed by atoms with van der Waals surface area (Å²) in [6.07, 6.45) is 0. The van der Waals surface area contributed by atoms with Gasteiger partial charge in [-0.3, -0.25) is 0 Å². The van der Waals surface area contributed by atoms with Gasteiger partial charge in [-0.2, -0.15) is 0 Å². The lowest BCUT2D eigenvalue weighted by atomic mass is 10.2. The minimum atomic E-state index is -0.204. The minimum absolute atomic E-state index is 0.0312. The molecule has 0 unspecified atom stereocenters. The summed E-state index contributed by atoms with van der Waals surface area (Å²) in [5, 5.41) is 16.2. The molecule has 0 aliphatic carbocycles. The lowest BCUT2D eigenvalue weighted by Gasteiger charge is -1.97. The Balaban J connectivity index is 2.75. The van der Waals surface area contributed by atoms with Crippen LogP contribution >= 0.6 is 0 Å². The highest BCUT2D eigenvalue weighted by Gasteiger charge is 1.91. The van der Waals surface area contributed by atoms with Crippen LogP contribution in [0.3, 0.4) is 0 Å². The first-order valence-electron chi connectivity index (χ1n) is 1.86. The van der Waals surface area contributed by atoms with Crippen molar-refractivity contribution in [2.45, 2.75) is 0 Å². The SMILES string of the molecule is [CH2]C(CO)CO. The summed E-state index contributed by atoms with van der Waals surface area (Å²) < 4.78 is 0. The summed E-state index contributed by atoms with van der Waals surface area (Å²) in [5.41, 5.74) is 0. The number of aliphatic hydroxyl groups is 2. The summed E-state index contributed by atoms with van der Waals surface area (Å²) in [6.45, 7) is 3.31. The summed E-state index contributed by atoms with van der Waals surface area (Å²) in [7, 11) is 0. The van der Waals surface area contributed by atoms with Gasteiger partial charge in [0.1, 0.15) is 0 Å². The molecule has 2 nitrogen and oxygen atoms in total. The van der Waals surface area contributed by atoms with Gasteiger partial charge < -0.3 is 10.2 Å². The molecule has 2 heteroatoms. The van der Waals surface area contributed by atoms with Crippen LogP contribution in [-0.2, 0) is 0 Å². The highest BCUT2D eigenvalue weighted by molar-refractivity contribution is 4.53. The molecule has 0 spiro atoms. The number of rotatable bonds is 2. The lowest BCUT2D eigenvalue weighted by molar-refractivity contribution is 0.176. The lowest BCUT2D eigenvalue weighted by Crippen LogP contribution is -2.04. The zero-order valence-corrected chi connectivity index (χ0v) is 3.59. The van der Waals surface area contributed by atoms with E-state index in [1.807, 2.05) is 0 Å². The van der Waals surface area contributed by atoms with Gasteiger partial charge in [0.05, 0.1) is 0 Å². The van der Waals surface area contributed by atoms with E-state index >= 15 is 0 Å². The van der Waals surface area contributed by atoms with Gasteiger partial charge in [-0.15, -0.1) is 0 Å². The van der Waals surface area contributed by atoms with E-state index in [0.29, 0.717) is 0 Å². The Kier molecular flexibility index (Phi) is 3.08. The van der Waals surface area contributed by atoms with Crippen molar-refractivity contribution in [3.8, 4) is 0 Å². The van der Waals surface area contributed by atoms with Gasteiger partial charge in [-0.05, 0) is 6.92 Å². The quantitative estimate of drug-likeness (QED) is 0.475. The van der Waals surface area contributed by atoms with Crippen molar-refractivity contribution in [2.75, 3.05) is 13.2 Å². The molecule has 37 valence electrons. The van der Waals surface area contributed by atoms with E-state index < -0.39 is 0 Å². The third-order valence-electron chi connectivity index (χ3n) is 0.516. The zero-order valence-electron chi connectivity index (χ0n) is 3.59. The van der Waals surface area contributed by atoms with Gasteiger partial charge in [0, 0.05) is 19.1 Å². The minimum Gasteiger partial charge on any atom is -0.396 e. The average Bonchev–Trinajstić information content (AvgIpc) is 1.65. The molecule has 0 aromatic carbocycles. The highest BCUT2D eigenvalue weighted by atomic mass is 16.3. The Labute approximate surface area is 37.4 Å². The van der Waals surface area contributed by atoms with E-state index in [-0.39, 0.29) is 19.1 Å². The third-order valence-corrected chi connectivity index (χ3v) is 0.516. The fourth-order valence-electron chi connectivity index (χ4n) is 0.0577. The first-order valence-corrected chi connectivity index (χ1v) is 1.86. The van der Waals surface area contributed by atoms with Gasteiger partial charge in [-0.1, -0.05) is 0 Å². The zero-order chi connectivity index (χ0) is 4.99. The molecule has 0 atom stereocenters. The van der Waals surface area contributed by atoms with Gasteiger partial charge in [0.2, 0.25) is 0 Å². The van der Waals surface area contributed by atoms with Crippen molar-refractivity contribution in [3.05, 3.63) is 6.92 Å². The van der Waals surface area contributed by atoms with Crippen molar-refractivity contribution in [1.29, 1.82) is 0 Å². The summed E-state index contributed by atoms with van der Waals surface area (Å²) in [4.78, 5) is 0. The molecule has 0 rings (SSSR count). The fraction of sp³-hybridized carbons (Fsp3) is 0.750. The first-order chi connectivity index (χ1) is 2.81. The van der Waals surface area contributed by atoms with Crippen molar-refractivity contribution >= 4 is 0 Å². The van der Waals surface area contributed by atoms with Crippen molar-refractivity contribution < 1.29 is 10.2 Å². The van der Waals surface area contributed by atoms with E-state index in [1.165, 1.54) is 0 Å². The Morgan fingerprint density at radius 3 is 1.67 bits per heavy atom. The van der Waals surface area contributed by atoms with Gasteiger partial charge in [0.15, 0.2) is 0 Å². The van der Waals surface area contributed by atoms with Crippen LogP contribution in [0.2, 0.25) is 0 Å². The highest BCUT2D eigenvalue weighted by Crippen LogP contribution is 1.84. The number of aliphatic hydroxyl groups excluding tert-OH is 2. The monoisotopic (exact) mass is 89.1 g/mol. The van der Waals surface area contributed by atoms with Crippen LogP contribution in [0.5, 0.6) is 0 Å². The Morgan fingerprint density at radius 1 is 1.33 bits per heavy atom. The van der Waals surface area contributed by atoms with Crippen LogP contribution < -0.4 is 0 Å². The van der Waals surface area contributed by atoms with Crippen LogP contribution in [0, 0.1) is 12.8 Å². The van der Waals surface area contributed by atoms with Crippen LogP contribution in [0.25, 0.3) is 0 Å². The first kappa shape index (κ1) is 5.92. The van der Waals surface area contributed by atoms with E-state index in [9.17, 15) is 0 Å². The van der Waals surface area contributed by atoms with Crippen LogP contribution in [0.1, 0.15) is 0 Å². The van der Waals surface area contributed by atoms with Crippen molar-refractivity contribution in [3.63, 3.8) is 0 Å². The fourth-order valence-corrected chi connectivity index (χ4v) is 0.0577. The molecule has 6 heavy (non-hydrogen) atoms. The molecule has 0 saturated carbocycles. The maximum absolute atomic E-state index is 8.11. The van der Waals surface area contributed by atoms with Gasteiger partial charge >= 0.3 is 0 Å². The van der Waals surface area contributed by atoms with E-state index in [2.05, 4.69) is 6.92 Å². The molecule has 0 aromatic heterocycles. The normalized spacial score (nSPS) is 10.0. The maximum Gasteiger partial charge on any atom is 0.0481 e. The maximum atomic E-state index is 8.11. The third kappa shape index (κ3) is 2.18. The molecule has 0 fully saturated rings. The van der Waals surface area contributed by atoms with Crippen LogP contribution in [-0.4, -0.2) is 23.4 Å². The molecule has 0 saturated heterocycles. The molecular weight excluding hydrogens is 80.0 g/mol. The predicted octanol–water partition coefficient (Wildman–Crippen LogP) is -0.579. The van der Waals surface area contributed by atoms with Crippen LogP contribution in [0.4, 0.5) is 0 Å². The summed E-state index contributed by atoms with van der Waals surface area (Å²) in [6, 6.07) is 0. The Morgan fingerprint density at radius 2 is 1.67 bits per heavy atom. The standard InChI is InChI=1S/C4H9O2/c1-4(2-5)3-6/h4-6H,1-3H2. The molecule has 0 bridgehead atoms. The molecule has 2 N–H and O–H groups in total. The molecule has 0 aliphatic rings. The number of hydrogen-bond donors (Lipinski definition) is 2. The molecule has 0 amide bonds. The molecule has 0 aliphatic heterocycles. The molecular formula is C4H9O2. The largest absolute Gasteiger partial charge is 0.396 e. The average molecular weight is 89.1 g/mol. The smallest absolute Gasteiger partial charge is 0.0481 e. The van der Waals surface area contributed by atoms with Crippen LogP contribution in [0.15, 0.2) is 0 Å². The Hall–Kier alpha value is -0.0800. The number of hydrogen-bond acceptors (Lipinski definition) is 2. The second kappa shape index (κ2) is 3.12. The van der Waals surface area contributed by atoms with Gasteiger partial charge in [-0.25, -0.2) is 0 Å². The van der Waals surface area contributed by atoms with Gasteiger partial charge in [0.25, 0.3) is 0 Å². The summed E-state index contributed by atoms with van der Waals surface area (Å²) >= 11 is 0. The predicted molar refractivity (Wildman–Crippen MR) is 23.0 cm³/mol. The summed E-state index contributed by atoms with van der Waals surface area (Å²) in [5.74, 6) is -0.204. The molecule has 0 aromatic rings. The Bertz CT molecular complexity index is 24.7. The molecule has 0 heterocycles. The van der Waals surface area contributed by atoms with E-state index in [0.717, 1.165) is 0 Å². The second-order valence-corrected chi connectivity index (χ2v) is 1.23. The van der Waals surface area contributed by atoms with Crippen molar-refractivity contribution in [1.82, 2.24) is 0 Å². The van der Waals surface area contributed by atoms with Crippen molar-refractivity contribution in [2.24, 2.45) is 5.92 Å². The second-order valence-electron chi connectivity index (χ2n) is 1.23. The topological polar surface area (TPSA) is 40.5 Å². The van der Waals surface area contributed by atoms with E-state index in [1.54, 1.807) is 0 Å². The molecule has 1 radical (unpaired) electrons. The van der Waals surface area contributed by atoms with E-state index in [4.69, 9.17) is 10.2 Å².